The molecule has 22 heavy (non-hydrogen) atoms. The standard InChI is InChI=1S/C16H34O4S.K/c1-2-3-4-5-6-7-8-9-10-13-16(17)14-11-12-15-21(18,19)20;/h16-17H,2-15H2,1H3,(H,18,19,20);/q;+1/p-1. The topological polar surface area (TPSA) is 77.4 Å². The van der Waals surface area contributed by atoms with Crippen LogP contribution in [0.2, 0.25) is 0 Å². The summed E-state index contributed by atoms with van der Waals surface area (Å²) in [6.45, 7) is 2.23. The van der Waals surface area contributed by atoms with Crippen molar-refractivity contribution in [3.05, 3.63) is 0 Å². The first-order valence-corrected chi connectivity index (χ1v) is 10.1. The van der Waals surface area contributed by atoms with Crippen LogP contribution in [0.25, 0.3) is 0 Å². The molecule has 0 heterocycles. The molecular formula is C16H33KO4S. The number of aliphatic hydroxyl groups excluding tert-OH is 1. The number of hydrogen-bond donors (Lipinski definition) is 1. The van der Waals surface area contributed by atoms with Gasteiger partial charge in [-0.25, -0.2) is 8.42 Å². The third-order valence-electron chi connectivity index (χ3n) is 3.82. The fourth-order valence-corrected chi connectivity index (χ4v) is 3.05. The fraction of sp³-hybridized carbons (Fsp3) is 1.00. The molecule has 0 aromatic rings. The van der Waals surface area contributed by atoms with Gasteiger partial charge in [0.15, 0.2) is 0 Å². The summed E-state index contributed by atoms with van der Waals surface area (Å²) in [6.07, 6.45) is 13.4. The molecule has 6 heteroatoms. The summed E-state index contributed by atoms with van der Waals surface area (Å²) in [6, 6.07) is 0. The second-order valence-corrected chi connectivity index (χ2v) is 7.55. The molecule has 0 fully saturated rings. The van der Waals surface area contributed by atoms with Crippen molar-refractivity contribution in [2.24, 2.45) is 0 Å². The van der Waals surface area contributed by atoms with Gasteiger partial charge in [0.25, 0.3) is 0 Å². The zero-order valence-corrected chi connectivity index (χ0v) is 18.5. The van der Waals surface area contributed by atoms with Crippen LogP contribution in [0.1, 0.15) is 90.4 Å². The van der Waals surface area contributed by atoms with E-state index in [1.807, 2.05) is 0 Å². The normalized spacial score (nSPS) is 12.9. The summed E-state index contributed by atoms with van der Waals surface area (Å²) < 4.78 is 31.2. The van der Waals surface area contributed by atoms with E-state index in [2.05, 4.69) is 6.92 Å². The maximum absolute atomic E-state index is 10.4. The summed E-state index contributed by atoms with van der Waals surface area (Å²) >= 11 is 0. The summed E-state index contributed by atoms with van der Waals surface area (Å²) in [7, 11) is -4.09. The summed E-state index contributed by atoms with van der Waals surface area (Å²) in [5, 5.41) is 9.75. The molecule has 0 bridgehead atoms. The molecule has 0 aromatic heterocycles. The Hall–Kier alpha value is 1.51. The number of rotatable bonds is 15. The van der Waals surface area contributed by atoms with Crippen molar-refractivity contribution in [1.29, 1.82) is 0 Å². The van der Waals surface area contributed by atoms with E-state index >= 15 is 0 Å². The van der Waals surface area contributed by atoms with E-state index in [0.29, 0.717) is 19.3 Å². The van der Waals surface area contributed by atoms with Crippen LogP contribution in [0.15, 0.2) is 0 Å². The molecule has 0 radical (unpaired) electrons. The van der Waals surface area contributed by atoms with Crippen molar-refractivity contribution >= 4 is 10.1 Å². The van der Waals surface area contributed by atoms with Gasteiger partial charge in [-0.1, -0.05) is 64.7 Å². The van der Waals surface area contributed by atoms with Gasteiger partial charge >= 0.3 is 51.4 Å². The van der Waals surface area contributed by atoms with Gasteiger partial charge in [-0.05, 0) is 25.7 Å². The monoisotopic (exact) mass is 360 g/mol. The van der Waals surface area contributed by atoms with E-state index in [1.165, 1.54) is 51.4 Å². The summed E-state index contributed by atoms with van der Waals surface area (Å²) in [5.74, 6) is -0.308. The smallest absolute Gasteiger partial charge is 0.748 e. The molecule has 4 nitrogen and oxygen atoms in total. The zero-order valence-electron chi connectivity index (χ0n) is 14.6. The van der Waals surface area contributed by atoms with Crippen LogP contribution in [0.3, 0.4) is 0 Å². The molecule has 0 saturated heterocycles. The molecule has 128 valence electrons. The molecule has 0 aliphatic heterocycles. The Balaban J connectivity index is 0. The van der Waals surface area contributed by atoms with E-state index in [-0.39, 0.29) is 63.2 Å². The first-order valence-electron chi connectivity index (χ1n) is 8.57. The third kappa shape index (κ3) is 21.5. The van der Waals surface area contributed by atoms with E-state index in [1.54, 1.807) is 0 Å². The van der Waals surface area contributed by atoms with Crippen LogP contribution < -0.4 is 51.4 Å². The molecule has 1 atom stereocenters. The molecule has 0 saturated carbocycles. The summed E-state index contributed by atoms with van der Waals surface area (Å²) in [5.41, 5.74) is 0. The third-order valence-corrected chi connectivity index (χ3v) is 4.61. The Kier molecular flexibility index (Phi) is 20.3. The second kappa shape index (κ2) is 17.3. The van der Waals surface area contributed by atoms with Gasteiger partial charge in [0.1, 0.15) is 0 Å². The van der Waals surface area contributed by atoms with Gasteiger partial charge in [0.05, 0.1) is 16.2 Å². The van der Waals surface area contributed by atoms with Crippen molar-refractivity contribution < 1.29 is 69.5 Å². The molecule has 0 spiro atoms. The van der Waals surface area contributed by atoms with Gasteiger partial charge < -0.3 is 9.66 Å². The second-order valence-electron chi connectivity index (χ2n) is 6.03. The summed E-state index contributed by atoms with van der Waals surface area (Å²) in [4.78, 5) is 0. The van der Waals surface area contributed by atoms with Gasteiger partial charge in [-0.2, -0.15) is 0 Å². The van der Waals surface area contributed by atoms with Crippen molar-refractivity contribution in [1.82, 2.24) is 0 Å². The van der Waals surface area contributed by atoms with Gasteiger partial charge in [-0.15, -0.1) is 0 Å². The molecule has 0 aliphatic carbocycles. The van der Waals surface area contributed by atoms with Crippen molar-refractivity contribution in [2.75, 3.05) is 5.75 Å². The van der Waals surface area contributed by atoms with Crippen molar-refractivity contribution in [2.45, 2.75) is 96.5 Å². The zero-order chi connectivity index (χ0) is 16.0. The van der Waals surface area contributed by atoms with Crippen LogP contribution in [-0.2, 0) is 10.1 Å². The van der Waals surface area contributed by atoms with E-state index in [0.717, 1.165) is 12.8 Å². The van der Waals surface area contributed by atoms with E-state index in [4.69, 9.17) is 0 Å². The molecule has 0 aromatic carbocycles. The minimum Gasteiger partial charge on any atom is -0.748 e. The number of hydrogen-bond acceptors (Lipinski definition) is 4. The fourth-order valence-electron chi connectivity index (χ4n) is 2.49. The van der Waals surface area contributed by atoms with E-state index < -0.39 is 10.1 Å². The maximum atomic E-state index is 10.4. The maximum Gasteiger partial charge on any atom is 1.00 e. The molecule has 0 amide bonds. The average molecular weight is 361 g/mol. The Labute approximate surface area is 180 Å². The van der Waals surface area contributed by atoms with Crippen LogP contribution in [0.4, 0.5) is 0 Å². The molecule has 0 aliphatic rings. The van der Waals surface area contributed by atoms with Crippen LogP contribution in [0.5, 0.6) is 0 Å². The first-order chi connectivity index (χ1) is 9.95. The largest absolute Gasteiger partial charge is 1.00 e. The molecule has 0 rings (SSSR count). The van der Waals surface area contributed by atoms with Crippen molar-refractivity contribution in [3.63, 3.8) is 0 Å². The Morgan fingerprint density at radius 1 is 0.818 bits per heavy atom. The van der Waals surface area contributed by atoms with Gasteiger partial charge in [0, 0.05) is 5.75 Å². The molecule has 1 N–H and O–H groups in total. The van der Waals surface area contributed by atoms with Crippen LogP contribution >= 0.6 is 0 Å². The molecule has 1 unspecified atom stereocenters. The number of aliphatic hydroxyl groups is 1. The van der Waals surface area contributed by atoms with Gasteiger partial charge in [0.2, 0.25) is 0 Å². The average Bonchev–Trinajstić information content (AvgIpc) is 2.41. The SMILES string of the molecule is CCCCCCCCCCCC(O)CCCCS(=O)(=O)[O-].[K+]. The molecular weight excluding hydrogens is 327 g/mol. The minimum absolute atomic E-state index is 0. The predicted molar refractivity (Wildman–Crippen MR) is 86.3 cm³/mol. The van der Waals surface area contributed by atoms with Crippen molar-refractivity contribution in [3.8, 4) is 0 Å². The Morgan fingerprint density at radius 2 is 1.23 bits per heavy atom. The minimum atomic E-state index is -4.09. The van der Waals surface area contributed by atoms with E-state index in [9.17, 15) is 18.1 Å². The number of unbranched alkanes of at least 4 members (excludes halogenated alkanes) is 9. The first kappa shape index (κ1) is 25.7. The Morgan fingerprint density at radius 3 is 1.68 bits per heavy atom. The quantitative estimate of drug-likeness (QED) is 0.268. The van der Waals surface area contributed by atoms with Crippen LogP contribution in [-0.4, -0.2) is 29.9 Å². The van der Waals surface area contributed by atoms with Gasteiger partial charge in [-0.3, -0.25) is 0 Å². The van der Waals surface area contributed by atoms with Crippen LogP contribution in [0, 0.1) is 0 Å². The Bertz CT molecular complexity index is 320. The predicted octanol–water partition coefficient (Wildman–Crippen LogP) is 0.988.